The topological polar surface area (TPSA) is 136 Å². The van der Waals surface area contributed by atoms with E-state index in [-0.39, 0.29) is 17.2 Å². The van der Waals surface area contributed by atoms with Gasteiger partial charge in [-0.2, -0.15) is 0 Å². The first kappa shape index (κ1) is 28.1. The minimum atomic E-state index is -0.580. The molecule has 2 bridgehead atoms. The number of amides is 1. The molecule has 0 saturated carbocycles. The van der Waals surface area contributed by atoms with E-state index in [1.165, 1.54) is 17.0 Å². The zero-order chi connectivity index (χ0) is 28.0. The van der Waals surface area contributed by atoms with Gasteiger partial charge >= 0.3 is 0 Å². The molecule has 0 fully saturated rings. The van der Waals surface area contributed by atoms with Gasteiger partial charge in [-0.3, -0.25) is 14.6 Å². The maximum absolute atomic E-state index is 14.3. The lowest BCUT2D eigenvalue weighted by Gasteiger charge is -2.25. The van der Waals surface area contributed by atoms with E-state index >= 15 is 0 Å². The smallest absolute Gasteiger partial charge is 0.209 e. The van der Waals surface area contributed by atoms with Crippen LogP contribution in [-0.2, 0) is 9.59 Å². The van der Waals surface area contributed by atoms with Crippen LogP contribution in [-0.4, -0.2) is 55.0 Å². The van der Waals surface area contributed by atoms with Crippen molar-refractivity contribution >= 4 is 29.4 Å². The van der Waals surface area contributed by atoms with Gasteiger partial charge in [0.1, 0.15) is 11.9 Å². The molecule has 5 N–H and O–H groups in total. The van der Waals surface area contributed by atoms with Gasteiger partial charge in [0, 0.05) is 61.3 Å². The third kappa shape index (κ3) is 6.08. The Morgan fingerprint density at radius 3 is 2.68 bits per heavy atom. The number of nitrogen functional groups attached to an aromatic ring is 1. The molecule has 2 aliphatic rings. The summed E-state index contributed by atoms with van der Waals surface area (Å²) in [5.41, 5.74) is 16.1. The number of ketones is 1. The van der Waals surface area contributed by atoms with E-state index in [1.807, 2.05) is 13.0 Å². The molecule has 9 nitrogen and oxygen atoms in total. The number of hydrogen-bond donors (Lipinski definition) is 3. The van der Waals surface area contributed by atoms with E-state index < -0.39 is 11.9 Å². The molecule has 0 aliphatic carbocycles. The van der Waals surface area contributed by atoms with E-state index in [9.17, 15) is 14.0 Å². The fourth-order valence-corrected chi connectivity index (χ4v) is 4.06. The summed E-state index contributed by atoms with van der Waals surface area (Å²) in [6.45, 7) is 6.28. The number of nitrogens with two attached hydrogens (primary N) is 2. The van der Waals surface area contributed by atoms with Crippen LogP contribution in [0.4, 0.5) is 10.2 Å². The van der Waals surface area contributed by atoms with Gasteiger partial charge in [0.05, 0.1) is 17.0 Å². The lowest BCUT2D eigenvalue weighted by Crippen LogP contribution is -2.27. The highest BCUT2D eigenvalue weighted by Gasteiger charge is 2.29. The van der Waals surface area contributed by atoms with Crippen molar-refractivity contribution < 1.29 is 18.7 Å². The molecule has 1 aromatic heterocycles. The second kappa shape index (κ2) is 12.2. The summed E-state index contributed by atoms with van der Waals surface area (Å²) in [6, 6.07) is 6.10. The van der Waals surface area contributed by atoms with Crippen molar-refractivity contribution in [1.29, 1.82) is 0 Å². The maximum atomic E-state index is 14.3. The first-order valence-electron chi connectivity index (χ1n) is 12.1. The van der Waals surface area contributed by atoms with Crippen molar-refractivity contribution in [2.75, 3.05) is 32.9 Å². The first-order valence-corrected chi connectivity index (χ1v) is 12.1. The second-order valence-electron chi connectivity index (χ2n) is 8.95. The number of nitrogens with one attached hydrogen (secondary N) is 1. The number of Topliss-reactive ketones (excluding diaryl/α,β-unsaturated/α-hetero) is 1. The quantitative estimate of drug-likeness (QED) is 0.409. The van der Waals surface area contributed by atoms with Gasteiger partial charge in [0.15, 0.2) is 17.4 Å². The number of carbonyl (C=O) groups excluding carboxylic acids is 2. The fraction of sp³-hybridized carbons (Fsp3) is 0.286. The van der Waals surface area contributed by atoms with Crippen LogP contribution in [0.2, 0.25) is 0 Å². The molecular formula is C28H33FN6O3. The molecule has 3 heterocycles. The molecule has 2 aliphatic heterocycles. The van der Waals surface area contributed by atoms with Gasteiger partial charge in [0.25, 0.3) is 0 Å². The summed E-state index contributed by atoms with van der Waals surface area (Å²) in [5.74, 6) is -0.210. The Kier molecular flexibility index (Phi) is 9.01. The second-order valence-corrected chi connectivity index (χ2v) is 8.95. The molecule has 1 amide bonds. The van der Waals surface area contributed by atoms with Crippen molar-refractivity contribution in [2.45, 2.75) is 26.9 Å². The SMILES string of the molecule is CCN=C1/C(=C(/C)N)C(=O)C2=C(NCC=C2)c2ccc(F)cc2[C@@H](C)Oc2cc1cnc2N.CN(C)C=O. The normalized spacial score (nSPS) is 18.9. The summed E-state index contributed by atoms with van der Waals surface area (Å²) < 4.78 is 20.4. The first-order chi connectivity index (χ1) is 18.1. The Morgan fingerprint density at radius 1 is 1.34 bits per heavy atom. The van der Waals surface area contributed by atoms with E-state index in [0.717, 1.165) is 6.41 Å². The highest BCUT2D eigenvalue weighted by atomic mass is 19.1. The lowest BCUT2D eigenvalue weighted by molar-refractivity contribution is -0.116. The van der Waals surface area contributed by atoms with Crippen LogP contribution in [0.5, 0.6) is 5.75 Å². The molecule has 1 atom stereocenters. The summed E-state index contributed by atoms with van der Waals surface area (Å²) in [5, 5.41) is 3.28. The summed E-state index contributed by atoms with van der Waals surface area (Å²) in [6.07, 6.45) is 5.33. The average molecular weight is 521 g/mol. The van der Waals surface area contributed by atoms with E-state index in [1.54, 1.807) is 52.3 Å². The third-order valence-electron chi connectivity index (χ3n) is 5.76. The van der Waals surface area contributed by atoms with Gasteiger partial charge in [-0.15, -0.1) is 0 Å². The third-order valence-corrected chi connectivity index (χ3v) is 5.76. The molecule has 38 heavy (non-hydrogen) atoms. The predicted molar refractivity (Wildman–Crippen MR) is 147 cm³/mol. The Bertz CT molecular complexity index is 1360. The van der Waals surface area contributed by atoms with Crippen molar-refractivity contribution in [3.05, 3.63) is 82.0 Å². The zero-order valence-corrected chi connectivity index (χ0v) is 22.2. The van der Waals surface area contributed by atoms with Crippen molar-refractivity contribution in [3.63, 3.8) is 0 Å². The van der Waals surface area contributed by atoms with Gasteiger partial charge in [-0.05, 0) is 45.0 Å². The molecule has 200 valence electrons. The lowest BCUT2D eigenvalue weighted by atomic mass is 9.88. The van der Waals surface area contributed by atoms with E-state index in [0.29, 0.717) is 58.2 Å². The number of pyridine rings is 1. The number of ether oxygens (including phenoxy) is 1. The Hall–Kier alpha value is -4.47. The zero-order valence-electron chi connectivity index (χ0n) is 22.2. The van der Waals surface area contributed by atoms with Gasteiger partial charge in [0.2, 0.25) is 6.41 Å². The van der Waals surface area contributed by atoms with Crippen LogP contribution in [0.15, 0.2) is 64.5 Å². The van der Waals surface area contributed by atoms with Crippen LogP contribution < -0.4 is 21.5 Å². The van der Waals surface area contributed by atoms with Gasteiger partial charge in [-0.25, -0.2) is 9.37 Å². The number of fused-ring (bicyclic) bond motifs is 4. The molecule has 0 unspecified atom stereocenters. The number of halogens is 1. The summed E-state index contributed by atoms with van der Waals surface area (Å²) in [4.78, 5) is 33.6. The van der Waals surface area contributed by atoms with E-state index in [4.69, 9.17) is 16.2 Å². The fourth-order valence-electron chi connectivity index (χ4n) is 4.06. The minimum absolute atomic E-state index is 0.177. The number of aromatic nitrogens is 1. The Morgan fingerprint density at radius 2 is 2.05 bits per heavy atom. The van der Waals surface area contributed by atoms with Gasteiger partial charge in [-0.1, -0.05) is 12.2 Å². The molecular weight excluding hydrogens is 487 g/mol. The van der Waals surface area contributed by atoms with Crippen molar-refractivity contribution in [1.82, 2.24) is 15.2 Å². The van der Waals surface area contributed by atoms with Crippen LogP contribution in [0.1, 0.15) is 43.6 Å². The van der Waals surface area contributed by atoms with Crippen LogP contribution >= 0.6 is 0 Å². The number of anilines is 1. The highest BCUT2D eigenvalue weighted by molar-refractivity contribution is 6.35. The Labute approximate surface area is 221 Å². The molecule has 1 aromatic carbocycles. The Balaban J connectivity index is 0.000000732. The molecule has 0 saturated heterocycles. The monoisotopic (exact) mass is 520 g/mol. The van der Waals surface area contributed by atoms with Gasteiger partial charge < -0.3 is 26.4 Å². The van der Waals surface area contributed by atoms with E-state index in [2.05, 4.69) is 15.3 Å². The number of carbonyl (C=O) groups is 2. The summed E-state index contributed by atoms with van der Waals surface area (Å²) >= 11 is 0. The number of rotatable bonds is 2. The van der Waals surface area contributed by atoms with Crippen LogP contribution in [0.25, 0.3) is 5.70 Å². The number of hydrogen-bond acceptors (Lipinski definition) is 8. The molecule has 10 heteroatoms. The maximum Gasteiger partial charge on any atom is 0.209 e. The van der Waals surface area contributed by atoms with Crippen LogP contribution in [0.3, 0.4) is 0 Å². The number of benzene rings is 1. The molecule has 0 radical (unpaired) electrons. The predicted octanol–water partition coefficient (Wildman–Crippen LogP) is 3.14. The highest BCUT2D eigenvalue weighted by Crippen LogP contribution is 2.35. The van der Waals surface area contributed by atoms with Crippen molar-refractivity contribution in [3.8, 4) is 5.75 Å². The number of nitrogens with zero attached hydrogens (tertiary/aromatic N) is 3. The standard InChI is InChI=1S/C25H26FN5O2.C3H7NO/c1-4-29-22-15-10-20(25(28)31-12-15)33-14(3)19-11-16(26)7-8-17(19)23-18(6-5-9-30-23)24(32)21(22)13(2)27;1-4(2)3-5/h5-8,10-12,14,30H,4,9,27H2,1-3H3,(H2,28,31);3H,1-2H3/b21-13+,29-22?;/t14-;/m1./s1. The number of aliphatic imine (C=N–C) groups is 1. The van der Waals surface area contributed by atoms with Crippen molar-refractivity contribution in [2.24, 2.45) is 10.7 Å². The molecule has 0 spiro atoms. The minimum Gasteiger partial charge on any atom is -0.482 e. The molecule has 4 rings (SSSR count). The number of allylic oxidation sites excluding steroid dienone is 4. The summed E-state index contributed by atoms with van der Waals surface area (Å²) in [7, 11) is 3.38. The van der Waals surface area contributed by atoms with Crippen LogP contribution in [0, 0.1) is 5.82 Å². The average Bonchev–Trinajstić information content (AvgIpc) is 2.89. The largest absolute Gasteiger partial charge is 0.482 e. The number of dihydropyridines is 1. The molecule has 2 aromatic rings.